The van der Waals surface area contributed by atoms with Gasteiger partial charge in [0.05, 0.1) is 34.0 Å². The van der Waals surface area contributed by atoms with Gasteiger partial charge in [-0.05, 0) is 134 Å². The van der Waals surface area contributed by atoms with Crippen molar-refractivity contribution in [2.24, 2.45) is 18.9 Å². The lowest BCUT2D eigenvalue weighted by atomic mass is 9.80. The van der Waals surface area contributed by atoms with Crippen molar-refractivity contribution in [1.29, 1.82) is 0 Å². The Morgan fingerprint density at radius 2 is 1.64 bits per heavy atom. The van der Waals surface area contributed by atoms with Crippen LogP contribution >= 0.6 is 11.3 Å². The summed E-state index contributed by atoms with van der Waals surface area (Å²) in [7, 11) is 1.92. The van der Waals surface area contributed by atoms with E-state index in [4.69, 9.17) is 14.8 Å². The van der Waals surface area contributed by atoms with Crippen LogP contribution in [0.1, 0.15) is 107 Å². The zero-order valence-electron chi connectivity index (χ0n) is 42.1. The lowest BCUT2D eigenvalue weighted by molar-refractivity contribution is -0.134. The number of nitrogens with one attached hydrogen (secondary N) is 2. The summed E-state index contributed by atoms with van der Waals surface area (Å²) < 4.78 is 9.38. The van der Waals surface area contributed by atoms with Gasteiger partial charge in [0.2, 0.25) is 11.8 Å². The molecular formula is C58H63N9O6S. The van der Waals surface area contributed by atoms with Crippen molar-refractivity contribution in [3.63, 3.8) is 0 Å². The van der Waals surface area contributed by atoms with Gasteiger partial charge in [0.15, 0.2) is 10.8 Å². The average Bonchev–Trinajstić information content (AvgIpc) is 3.99. The summed E-state index contributed by atoms with van der Waals surface area (Å²) in [5.74, 6) is 0.371. The van der Waals surface area contributed by atoms with Crippen LogP contribution in [-0.4, -0.2) is 99.3 Å². The Morgan fingerprint density at radius 1 is 0.824 bits per heavy atom. The number of aryl methyl sites for hydroxylation is 1. The van der Waals surface area contributed by atoms with Gasteiger partial charge in [0, 0.05) is 74.9 Å². The number of piperidine rings is 1. The number of thiazole rings is 1. The van der Waals surface area contributed by atoms with Gasteiger partial charge in [-0.25, -0.2) is 14.8 Å². The quantitative estimate of drug-likeness (QED) is 0.0656. The number of carboxylic acid groups (broad SMARTS) is 1. The third kappa shape index (κ3) is 10.3. The standard InChI is InChI=1S/C58H63N9O6S/c1-36-41(42-22-24-51(60-54(42)57(71)72)67-28-26-39-10-7-12-43(46(39)34-67)55(69)62-58-59-47-13-3-4-15-50(47)74-58)11-8-14-49(36)73-35-38-18-16-37(17-19-38)9-5-6-27-65-29-31-66(32-30-65)40-20-21-44-48(33-40)64(2)63-53(44)45-23-25-52(68)61-56(45)70/h3-4,7-8,10-15,20-22,24,33,37-38,45H,5-6,9,16-19,23,25-32,34-35H2,1-2H3,(H,71,72)(H,59,62,69)(H,61,68,70). The Labute approximate surface area is 434 Å². The van der Waals surface area contributed by atoms with E-state index in [1.54, 1.807) is 0 Å². The second-order valence-corrected chi connectivity index (χ2v) is 21.6. The van der Waals surface area contributed by atoms with Crippen molar-refractivity contribution in [1.82, 2.24) is 30.0 Å². The van der Waals surface area contributed by atoms with Gasteiger partial charge in [-0.2, -0.15) is 5.10 Å². The molecule has 1 atom stereocenters. The number of fused-ring (bicyclic) bond motifs is 3. The van der Waals surface area contributed by atoms with Crippen molar-refractivity contribution in [3.05, 3.63) is 125 Å². The molecule has 11 rings (SSSR count). The number of unbranched alkanes of at least 4 members (excludes halogenated alkanes) is 1. The molecule has 1 aliphatic carbocycles. The maximum absolute atomic E-state index is 13.7. The number of para-hydroxylation sites is 1. The SMILES string of the molecule is Cc1c(OCC2CCC(CCCCN3CCN(c4ccc5c(C6CCC(=O)NC6=O)nn(C)c5c4)CC3)CC2)cccc1-c1ccc(N2CCc3cccc(C(=O)Nc4nc5ccccc5s4)c3C2)nc1C(=O)O. The predicted molar refractivity (Wildman–Crippen MR) is 289 cm³/mol. The number of aromatic nitrogens is 4. The van der Waals surface area contributed by atoms with E-state index in [2.05, 4.69) is 54.6 Å². The number of piperazine rings is 1. The number of carbonyl (C=O) groups excluding carboxylic acids is 3. The first kappa shape index (κ1) is 49.1. The summed E-state index contributed by atoms with van der Waals surface area (Å²) in [4.78, 5) is 67.3. The fourth-order valence-corrected chi connectivity index (χ4v) is 12.6. The van der Waals surface area contributed by atoms with Gasteiger partial charge in [-0.3, -0.25) is 34.6 Å². The molecule has 3 aromatic heterocycles. The molecule has 1 unspecified atom stereocenters. The number of hydrogen-bond donors (Lipinski definition) is 3. The minimum absolute atomic E-state index is 0.0166. The van der Waals surface area contributed by atoms with E-state index in [1.807, 2.05) is 85.4 Å². The molecule has 6 heterocycles. The first-order valence-corrected chi connectivity index (χ1v) is 27.1. The second kappa shape index (κ2) is 21.4. The number of benzene rings is 4. The minimum Gasteiger partial charge on any atom is -0.493 e. The fraction of sp³-hybridized carbons (Fsp3) is 0.397. The first-order chi connectivity index (χ1) is 36.0. The molecule has 16 heteroatoms. The Bertz CT molecular complexity index is 3230. The molecule has 382 valence electrons. The third-order valence-electron chi connectivity index (χ3n) is 16.0. The number of rotatable bonds is 15. The summed E-state index contributed by atoms with van der Waals surface area (Å²) >= 11 is 1.44. The van der Waals surface area contributed by atoms with Crippen LogP contribution in [0.25, 0.3) is 32.2 Å². The number of carbonyl (C=O) groups is 4. The molecule has 0 radical (unpaired) electrons. The van der Waals surface area contributed by atoms with Crippen molar-refractivity contribution < 1.29 is 29.0 Å². The van der Waals surface area contributed by atoms with E-state index >= 15 is 0 Å². The fourth-order valence-electron chi connectivity index (χ4n) is 11.7. The maximum atomic E-state index is 13.7. The molecule has 3 aliphatic heterocycles. The van der Waals surface area contributed by atoms with Gasteiger partial charge < -0.3 is 19.6 Å². The van der Waals surface area contributed by atoms with E-state index in [0.717, 1.165) is 106 Å². The molecule has 4 aliphatic rings. The lowest BCUT2D eigenvalue weighted by Crippen LogP contribution is -2.46. The number of ether oxygens (including phenoxy) is 1. The number of amides is 3. The molecule has 2 saturated heterocycles. The van der Waals surface area contributed by atoms with E-state index < -0.39 is 11.9 Å². The Kier molecular flexibility index (Phi) is 14.2. The molecule has 15 nitrogen and oxygen atoms in total. The highest BCUT2D eigenvalue weighted by Gasteiger charge is 2.32. The van der Waals surface area contributed by atoms with Crippen molar-refractivity contribution >= 4 is 72.8 Å². The van der Waals surface area contributed by atoms with E-state index in [0.29, 0.717) is 67.0 Å². The average molecular weight is 1010 g/mol. The summed E-state index contributed by atoms with van der Waals surface area (Å²) in [6.07, 6.45) is 10.0. The smallest absolute Gasteiger partial charge is 0.355 e. The lowest BCUT2D eigenvalue weighted by Gasteiger charge is -2.36. The molecule has 7 aromatic rings. The third-order valence-corrected chi connectivity index (χ3v) is 16.9. The highest BCUT2D eigenvalue weighted by molar-refractivity contribution is 7.22. The number of pyridine rings is 1. The number of carboxylic acids is 1. The van der Waals surface area contributed by atoms with Crippen LogP contribution < -0.4 is 25.2 Å². The predicted octanol–water partition coefficient (Wildman–Crippen LogP) is 9.76. The summed E-state index contributed by atoms with van der Waals surface area (Å²) in [5, 5.41) is 22.2. The molecule has 3 fully saturated rings. The number of nitrogens with zero attached hydrogens (tertiary/aromatic N) is 7. The second-order valence-electron chi connectivity index (χ2n) is 20.6. The highest BCUT2D eigenvalue weighted by Crippen LogP contribution is 2.38. The molecule has 0 spiro atoms. The van der Waals surface area contributed by atoms with Gasteiger partial charge in [0.25, 0.3) is 5.91 Å². The largest absolute Gasteiger partial charge is 0.493 e. The van der Waals surface area contributed by atoms with Crippen LogP contribution in [0.2, 0.25) is 0 Å². The van der Waals surface area contributed by atoms with Gasteiger partial charge in [-0.1, -0.05) is 73.4 Å². The summed E-state index contributed by atoms with van der Waals surface area (Å²) in [6.45, 7) is 8.84. The first-order valence-electron chi connectivity index (χ1n) is 26.3. The maximum Gasteiger partial charge on any atom is 0.355 e. The molecular weight excluding hydrogens is 951 g/mol. The molecule has 0 bridgehead atoms. The summed E-state index contributed by atoms with van der Waals surface area (Å²) in [5.41, 5.74) is 8.54. The van der Waals surface area contributed by atoms with Crippen LogP contribution in [0.5, 0.6) is 5.75 Å². The van der Waals surface area contributed by atoms with Crippen LogP contribution in [0.4, 0.5) is 16.6 Å². The van der Waals surface area contributed by atoms with Crippen LogP contribution in [-0.2, 0) is 29.6 Å². The number of anilines is 3. The van der Waals surface area contributed by atoms with Gasteiger partial charge in [-0.15, -0.1) is 0 Å². The zero-order chi connectivity index (χ0) is 50.9. The Morgan fingerprint density at radius 3 is 2.45 bits per heavy atom. The minimum atomic E-state index is -1.10. The summed E-state index contributed by atoms with van der Waals surface area (Å²) in [6, 6.07) is 29.6. The van der Waals surface area contributed by atoms with Gasteiger partial charge >= 0.3 is 5.97 Å². The number of imide groups is 1. The van der Waals surface area contributed by atoms with E-state index in [-0.39, 0.29) is 23.4 Å². The van der Waals surface area contributed by atoms with Crippen molar-refractivity contribution in [3.8, 4) is 16.9 Å². The van der Waals surface area contributed by atoms with Gasteiger partial charge in [0.1, 0.15) is 11.6 Å². The molecule has 1 saturated carbocycles. The van der Waals surface area contributed by atoms with Crippen LogP contribution in [0.15, 0.2) is 91.0 Å². The Balaban J connectivity index is 0.634. The molecule has 4 aromatic carbocycles. The molecule has 74 heavy (non-hydrogen) atoms. The van der Waals surface area contributed by atoms with Crippen LogP contribution in [0, 0.1) is 18.8 Å². The zero-order valence-corrected chi connectivity index (χ0v) is 43.0. The van der Waals surface area contributed by atoms with E-state index in [1.165, 1.54) is 49.1 Å². The van der Waals surface area contributed by atoms with Crippen molar-refractivity contribution in [2.45, 2.75) is 83.6 Å². The molecule has 3 amide bonds. The van der Waals surface area contributed by atoms with Crippen LogP contribution in [0.3, 0.4) is 0 Å². The van der Waals surface area contributed by atoms with E-state index in [9.17, 15) is 24.3 Å². The topological polar surface area (TPSA) is 175 Å². The molecule has 3 N–H and O–H groups in total. The highest BCUT2D eigenvalue weighted by atomic mass is 32.1. The normalized spacial score (nSPS) is 19.4. The number of hydrogen-bond acceptors (Lipinski definition) is 12. The van der Waals surface area contributed by atoms with Crippen molar-refractivity contribution in [2.75, 3.05) is 61.0 Å². The monoisotopic (exact) mass is 1010 g/mol. The number of aromatic carboxylic acids is 1. The Hall–Kier alpha value is -7.17.